The average molecular weight is 349 g/mol. The maximum absolute atomic E-state index is 13.6. The highest BCUT2D eigenvalue weighted by molar-refractivity contribution is 5.89. The molecule has 0 atom stereocenters. The van der Waals surface area contributed by atoms with Crippen molar-refractivity contribution >= 4 is 11.9 Å². The van der Waals surface area contributed by atoms with E-state index in [1.165, 1.54) is 18.2 Å². The van der Waals surface area contributed by atoms with Gasteiger partial charge in [-0.05, 0) is 24.3 Å². The number of anilines is 1. The summed E-state index contributed by atoms with van der Waals surface area (Å²) in [5, 5.41) is 9.33. The molecule has 2 aromatic carbocycles. The van der Waals surface area contributed by atoms with Gasteiger partial charge in [0.1, 0.15) is 11.6 Å². The first-order valence-corrected chi connectivity index (χ1v) is 6.99. The molecule has 1 heterocycles. The lowest BCUT2D eigenvalue weighted by atomic mass is 10.2. The number of aromatic nitrogens is 2. The molecule has 25 heavy (non-hydrogen) atoms. The maximum Gasteiger partial charge on any atom is 0.322 e. The quantitative estimate of drug-likeness (QED) is 0.766. The van der Waals surface area contributed by atoms with Crippen LogP contribution in [0.25, 0.3) is 11.5 Å². The van der Waals surface area contributed by atoms with Gasteiger partial charge in [0, 0.05) is 6.07 Å². The van der Waals surface area contributed by atoms with E-state index in [0.29, 0.717) is 6.07 Å². The normalized spacial score (nSPS) is 10.5. The highest BCUT2D eigenvalue weighted by atomic mass is 19.1. The smallest absolute Gasteiger partial charge is 0.322 e. The number of hydrogen-bond donors (Lipinski definition) is 1. The van der Waals surface area contributed by atoms with Gasteiger partial charge in [0.25, 0.3) is 11.8 Å². The minimum absolute atomic E-state index is 0.0859. The summed E-state index contributed by atoms with van der Waals surface area (Å²) < 4.78 is 50.0. The summed E-state index contributed by atoms with van der Waals surface area (Å²) in [6.07, 6.45) is 0. The van der Waals surface area contributed by atoms with E-state index in [1.807, 2.05) is 0 Å². The molecule has 0 saturated carbocycles. The molecule has 1 aromatic heterocycles. The summed E-state index contributed by atoms with van der Waals surface area (Å²) in [6, 6.07) is 8.11. The Morgan fingerprint density at radius 1 is 1.08 bits per heavy atom. The van der Waals surface area contributed by atoms with E-state index in [-0.39, 0.29) is 23.2 Å². The fraction of sp³-hybridized carbons (Fsp3) is 0.0625. The Hall–Kier alpha value is -3.36. The number of amides is 1. The number of hydrogen-bond acceptors (Lipinski definition) is 5. The molecular formula is C16H10F3N3O3. The summed E-state index contributed by atoms with van der Waals surface area (Å²) in [7, 11) is 0. The molecule has 3 aromatic rings. The lowest BCUT2D eigenvalue weighted by Gasteiger charge is -2.05. The van der Waals surface area contributed by atoms with Crippen molar-refractivity contribution in [1.82, 2.24) is 10.2 Å². The zero-order chi connectivity index (χ0) is 17.8. The van der Waals surface area contributed by atoms with E-state index in [1.54, 1.807) is 6.07 Å². The molecule has 0 spiro atoms. The molecule has 128 valence electrons. The largest absolute Gasteiger partial charge is 0.481 e. The molecular weight excluding hydrogens is 339 g/mol. The summed E-state index contributed by atoms with van der Waals surface area (Å²) in [4.78, 5) is 11.7. The Morgan fingerprint density at radius 3 is 2.64 bits per heavy atom. The number of benzene rings is 2. The molecule has 0 fully saturated rings. The van der Waals surface area contributed by atoms with Gasteiger partial charge in [0.05, 0.1) is 5.56 Å². The van der Waals surface area contributed by atoms with Gasteiger partial charge in [-0.3, -0.25) is 10.1 Å². The standard InChI is InChI=1S/C16H10F3N3O3/c17-9-5-6-10(12(19)7-9)15-21-22-16(25-15)20-14(23)8-24-13-4-2-1-3-11(13)18/h1-7H,8H2,(H,20,22,23). The van der Waals surface area contributed by atoms with E-state index in [0.717, 1.165) is 12.1 Å². The Labute approximate surface area is 139 Å². The van der Waals surface area contributed by atoms with Gasteiger partial charge in [-0.15, -0.1) is 5.10 Å². The van der Waals surface area contributed by atoms with Crippen molar-refractivity contribution < 1.29 is 27.1 Å². The Kier molecular flexibility index (Phi) is 4.64. The van der Waals surface area contributed by atoms with E-state index >= 15 is 0 Å². The van der Waals surface area contributed by atoms with Gasteiger partial charge in [0.2, 0.25) is 0 Å². The van der Waals surface area contributed by atoms with Crippen LogP contribution in [0.4, 0.5) is 19.2 Å². The summed E-state index contributed by atoms with van der Waals surface area (Å²) in [5.41, 5.74) is -0.114. The van der Waals surface area contributed by atoms with Crippen molar-refractivity contribution in [3.63, 3.8) is 0 Å². The van der Waals surface area contributed by atoms with E-state index < -0.39 is 30.0 Å². The lowest BCUT2D eigenvalue weighted by molar-refractivity contribution is -0.118. The van der Waals surface area contributed by atoms with E-state index in [2.05, 4.69) is 15.5 Å². The van der Waals surface area contributed by atoms with Gasteiger partial charge in [-0.1, -0.05) is 17.2 Å². The van der Waals surface area contributed by atoms with Crippen molar-refractivity contribution in [3.05, 3.63) is 59.9 Å². The highest BCUT2D eigenvalue weighted by Gasteiger charge is 2.15. The van der Waals surface area contributed by atoms with E-state index in [9.17, 15) is 18.0 Å². The molecule has 0 saturated heterocycles. The van der Waals surface area contributed by atoms with Gasteiger partial charge >= 0.3 is 6.01 Å². The third-order valence-electron chi connectivity index (χ3n) is 3.03. The second-order valence-electron chi connectivity index (χ2n) is 4.80. The summed E-state index contributed by atoms with van der Waals surface area (Å²) >= 11 is 0. The number of carbonyl (C=O) groups is 1. The van der Waals surface area contributed by atoms with Crippen LogP contribution in [0.5, 0.6) is 5.75 Å². The fourth-order valence-electron chi connectivity index (χ4n) is 1.91. The van der Waals surface area contributed by atoms with Crippen molar-refractivity contribution in [2.45, 2.75) is 0 Å². The second kappa shape index (κ2) is 7.04. The van der Waals surface area contributed by atoms with E-state index in [4.69, 9.17) is 9.15 Å². The number of carbonyl (C=O) groups excluding carboxylic acids is 1. The van der Waals surface area contributed by atoms with Gasteiger partial charge in [-0.25, -0.2) is 13.2 Å². The summed E-state index contributed by atoms with van der Waals surface area (Å²) in [6.45, 7) is -0.496. The van der Waals surface area contributed by atoms with Crippen molar-refractivity contribution in [3.8, 4) is 17.2 Å². The molecule has 6 nitrogen and oxygen atoms in total. The molecule has 1 N–H and O–H groups in total. The predicted molar refractivity (Wildman–Crippen MR) is 80.2 cm³/mol. The fourth-order valence-corrected chi connectivity index (χ4v) is 1.91. The van der Waals surface area contributed by atoms with Crippen LogP contribution in [0.2, 0.25) is 0 Å². The Morgan fingerprint density at radius 2 is 1.88 bits per heavy atom. The topological polar surface area (TPSA) is 77.2 Å². The molecule has 1 amide bonds. The van der Waals surface area contributed by atoms with Crippen LogP contribution in [0.15, 0.2) is 46.9 Å². The molecule has 9 heteroatoms. The van der Waals surface area contributed by atoms with Gasteiger partial charge < -0.3 is 9.15 Å². The predicted octanol–water partition coefficient (Wildman–Crippen LogP) is 3.17. The Bertz CT molecular complexity index is 914. The monoisotopic (exact) mass is 349 g/mol. The van der Waals surface area contributed by atoms with Crippen LogP contribution in [0.1, 0.15) is 0 Å². The number of rotatable bonds is 5. The number of halogens is 3. The number of ether oxygens (including phenoxy) is 1. The SMILES string of the molecule is O=C(COc1ccccc1F)Nc1nnc(-c2ccc(F)cc2F)o1. The zero-order valence-electron chi connectivity index (χ0n) is 12.5. The number of nitrogens with zero attached hydrogens (tertiary/aromatic N) is 2. The summed E-state index contributed by atoms with van der Waals surface area (Å²) in [5.74, 6) is -3.25. The minimum Gasteiger partial charge on any atom is -0.481 e. The van der Waals surface area contributed by atoms with Crippen LogP contribution < -0.4 is 10.1 Å². The van der Waals surface area contributed by atoms with Crippen LogP contribution in [-0.4, -0.2) is 22.7 Å². The first-order chi connectivity index (χ1) is 12.0. The van der Waals surface area contributed by atoms with Crippen molar-refractivity contribution in [2.24, 2.45) is 0 Å². The van der Waals surface area contributed by atoms with Gasteiger partial charge in [-0.2, -0.15) is 0 Å². The first-order valence-electron chi connectivity index (χ1n) is 6.99. The molecule has 0 aliphatic rings. The van der Waals surface area contributed by atoms with Crippen LogP contribution >= 0.6 is 0 Å². The number of nitrogens with one attached hydrogen (secondary N) is 1. The molecule has 0 bridgehead atoms. The number of para-hydroxylation sites is 1. The third-order valence-corrected chi connectivity index (χ3v) is 3.03. The van der Waals surface area contributed by atoms with Crippen molar-refractivity contribution in [2.75, 3.05) is 11.9 Å². The minimum atomic E-state index is -0.885. The Balaban J connectivity index is 1.63. The molecule has 3 rings (SSSR count). The van der Waals surface area contributed by atoms with Crippen molar-refractivity contribution in [1.29, 1.82) is 0 Å². The second-order valence-corrected chi connectivity index (χ2v) is 4.80. The first kappa shape index (κ1) is 16.5. The molecule has 0 aliphatic heterocycles. The van der Waals surface area contributed by atoms with Crippen LogP contribution in [-0.2, 0) is 4.79 Å². The average Bonchev–Trinajstić information content (AvgIpc) is 3.02. The third kappa shape index (κ3) is 3.94. The zero-order valence-corrected chi connectivity index (χ0v) is 12.5. The van der Waals surface area contributed by atoms with Crippen LogP contribution in [0, 0.1) is 17.5 Å². The molecule has 0 aliphatic carbocycles. The lowest BCUT2D eigenvalue weighted by Crippen LogP contribution is -2.20. The molecule has 0 unspecified atom stereocenters. The molecule has 0 radical (unpaired) electrons. The van der Waals surface area contributed by atoms with Crippen LogP contribution in [0.3, 0.4) is 0 Å². The van der Waals surface area contributed by atoms with Gasteiger partial charge in [0.15, 0.2) is 18.2 Å². The highest BCUT2D eigenvalue weighted by Crippen LogP contribution is 2.23. The maximum atomic E-state index is 13.6.